The van der Waals surface area contributed by atoms with Gasteiger partial charge in [0.1, 0.15) is 11.5 Å². The number of aryl methyl sites for hydroxylation is 1. The van der Waals surface area contributed by atoms with Crippen LogP contribution in [0.4, 0.5) is 28.9 Å². The third-order valence-corrected chi connectivity index (χ3v) is 7.64. The summed E-state index contributed by atoms with van der Waals surface area (Å²) in [5, 5.41) is 3.15. The molecule has 0 saturated carbocycles. The molecule has 0 spiro atoms. The first kappa shape index (κ1) is 29.3. The zero-order valence-corrected chi connectivity index (χ0v) is 23.9. The summed E-state index contributed by atoms with van der Waals surface area (Å²) in [7, 11) is -3.62. The lowest BCUT2D eigenvalue weighted by Gasteiger charge is -2.30. The van der Waals surface area contributed by atoms with Crippen molar-refractivity contribution in [1.82, 2.24) is 10.3 Å². The Labute approximate surface area is 236 Å². The molecule has 1 saturated heterocycles. The molecule has 2 aromatic carbocycles. The van der Waals surface area contributed by atoms with Gasteiger partial charge in [-0.1, -0.05) is 22.6 Å². The van der Waals surface area contributed by atoms with Crippen LogP contribution in [0, 0.1) is 12.7 Å². The average molecular weight is 680 g/mol. The second-order valence-corrected chi connectivity index (χ2v) is 11.7. The molecule has 0 unspecified atom stereocenters. The number of hydrogen-bond acceptors (Lipinski definition) is 6. The maximum atomic E-state index is 15.0. The van der Waals surface area contributed by atoms with Crippen molar-refractivity contribution >= 4 is 60.8 Å². The molecule has 8 nitrogen and oxygen atoms in total. The van der Waals surface area contributed by atoms with Crippen LogP contribution in [-0.2, 0) is 20.9 Å². The van der Waals surface area contributed by atoms with E-state index in [0.717, 1.165) is 18.4 Å². The lowest BCUT2D eigenvalue weighted by Crippen LogP contribution is -2.36. The molecule has 3 aromatic rings. The highest BCUT2D eigenvalue weighted by Crippen LogP contribution is 2.35. The number of carbonyl (C=O) groups is 1. The minimum Gasteiger partial charge on any atom is -0.378 e. The monoisotopic (exact) mass is 680 g/mol. The molecule has 1 amide bonds. The summed E-state index contributed by atoms with van der Waals surface area (Å²) in [6.07, 6.45) is -3.69. The third-order valence-electron chi connectivity index (χ3n) is 6.17. The van der Waals surface area contributed by atoms with Gasteiger partial charge in [-0.15, -0.1) is 0 Å². The van der Waals surface area contributed by atoms with E-state index >= 15 is 0 Å². The molecule has 2 heterocycles. The van der Waals surface area contributed by atoms with Crippen LogP contribution in [0.2, 0.25) is 0 Å². The molecule has 0 bridgehead atoms. The van der Waals surface area contributed by atoms with Crippen LogP contribution in [-0.4, -0.2) is 56.3 Å². The number of benzene rings is 2. The summed E-state index contributed by atoms with van der Waals surface area (Å²) in [5.41, 5.74) is 0.247. The smallest absolute Gasteiger partial charge is 0.378 e. The lowest BCUT2D eigenvalue weighted by molar-refractivity contribution is -0.140. The molecule has 1 aliphatic heterocycles. The number of sulfonamides is 1. The second kappa shape index (κ2) is 11.4. The predicted octanol–water partition coefficient (Wildman–Crippen LogP) is 4.82. The Morgan fingerprint density at radius 3 is 2.49 bits per heavy atom. The minimum absolute atomic E-state index is 0.0870. The van der Waals surface area contributed by atoms with E-state index in [4.69, 9.17) is 4.74 Å². The number of amides is 1. The van der Waals surface area contributed by atoms with Gasteiger partial charge in [0.05, 0.1) is 36.7 Å². The Morgan fingerprint density at radius 2 is 1.87 bits per heavy atom. The van der Waals surface area contributed by atoms with E-state index in [-0.39, 0.29) is 22.3 Å². The van der Waals surface area contributed by atoms with Gasteiger partial charge < -0.3 is 15.0 Å². The van der Waals surface area contributed by atoms with E-state index in [1.165, 1.54) is 24.3 Å². The number of ether oxygens (including phenoxy) is 1. The number of aromatic nitrogens is 1. The first-order valence-corrected chi connectivity index (χ1v) is 15.2. The van der Waals surface area contributed by atoms with Crippen molar-refractivity contribution in [3.8, 4) is 0 Å². The van der Waals surface area contributed by atoms with E-state index in [1.807, 2.05) is 22.6 Å². The van der Waals surface area contributed by atoms with Crippen molar-refractivity contribution in [2.75, 3.05) is 46.6 Å². The minimum atomic E-state index is -4.65. The van der Waals surface area contributed by atoms with Crippen LogP contribution >= 0.6 is 22.6 Å². The van der Waals surface area contributed by atoms with Gasteiger partial charge in [-0.25, -0.2) is 17.8 Å². The van der Waals surface area contributed by atoms with E-state index in [9.17, 15) is 30.8 Å². The van der Waals surface area contributed by atoms with Gasteiger partial charge in [0.25, 0.3) is 5.91 Å². The molecule has 4 rings (SSSR count). The SMILES string of the molecule is Cc1cc([C@@H](CI)NC(=O)c2ccc3nc(C(F)(F)F)cc(N4CCOCC4)c3c2)c(F)cc1NS(C)(=O)=O. The van der Waals surface area contributed by atoms with E-state index in [1.54, 1.807) is 11.8 Å². The summed E-state index contributed by atoms with van der Waals surface area (Å²) in [4.78, 5) is 18.8. The number of anilines is 2. The van der Waals surface area contributed by atoms with Gasteiger partial charge in [0.15, 0.2) is 0 Å². The van der Waals surface area contributed by atoms with Gasteiger partial charge in [-0.05, 0) is 48.9 Å². The number of alkyl halides is 4. The molecule has 0 radical (unpaired) electrons. The largest absolute Gasteiger partial charge is 0.433 e. The quantitative estimate of drug-likeness (QED) is 0.211. The molecule has 2 N–H and O–H groups in total. The molecule has 1 aromatic heterocycles. The van der Waals surface area contributed by atoms with Crippen LogP contribution < -0.4 is 14.9 Å². The maximum absolute atomic E-state index is 15.0. The van der Waals surface area contributed by atoms with Crippen molar-refractivity contribution < 1.29 is 35.5 Å². The Bertz CT molecular complexity index is 1510. The third kappa shape index (κ3) is 6.90. The normalized spacial score (nSPS) is 15.3. The Kier molecular flexibility index (Phi) is 8.56. The fourth-order valence-corrected chi connectivity index (χ4v) is 5.60. The van der Waals surface area contributed by atoms with Gasteiger partial charge in [0.2, 0.25) is 10.0 Å². The molecule has 1 atom stereocenters. The van der Waals surface area contributed by atoms with Crippen LogP contribution in [0.3, 0.4) is 0 Å². The zero-order valence-electron chi connectivity index (χ0n) is 20.9. The number of pyridine rings is 1. The van der Waals surface area contributed by atoms with Gasteiger partial charge in [0, 0.05) is 39.7 Å². The fourth-order valence-electron chi connectivity index (χ4n) is 4.28. The van der Waals surface area contributed by atoms with Crippen LogP contribution in [0.15, 0.2) is 36.4 Å². The van der Waals surface area contributed by atoms with Crippen LogP contribution in [0.5, 0.6) is 0 Å². The van der Waals surface area contributed by atoms with E-state index in [2.05, 4.69) is 15.0 Å². The van der Waals surface area contributed by atoms with Crippen molar-refractivity contribution in [2.45, 2.75) is 19.1 Å². The highest BCUT2D eigenvalue weighted by atomic mass is 127. The summed E-state index contributed by atoms with van der Waals surface area (Å²) in [6, 6.07) is 6.96. The molecule has 14 heteroatoms. The molecular weight excluding hydrogens is 655 g/mol. The number of morpholine rings is 1. The maximum Gasteiger partial charge on any atom is 0.433 e. The number of hydrogen-bond donors (Lipinski definition) is 2. The lowest BCUT2D eigenvalue weighted by atomic mass is 10.0. The van der Waals surface area contributed by atoms with E-state index in [0.29, 0.717) is 47.4 Å². The van der Waals surface area contributed by atoms with Gasteiger partial charge in [-0.2, -0.15) is 13.2 Å². The summed E-state index contributed by atoms with van der Waals surface area (Å²) in [6.45, 7) is 3.08. The van der Waals surface area contributed by atoms with Gasteiger partial charge >= 0.3 is 6.18 Å². The molecule has 1 fully saturated rings. The Morgan fingerprint density at radius 1 is 1.18 bits per heavy atom. The number of rotatable bonds is 7. The first-order chi connectivity index (χ1) is 18.3. The number of carbonyl (C=O) groups excluding carboxylic acids is 1. The predicted molar refractivity (Wildman–Crippen MR) is 148 cm³/mol. The summed E-state index contributed by atoms with van der Waals surface area (Å²) >= 11 is 2.00. The van der Waals surface area contributed by atoms with E-state index < -0.39 is 39.7 Å². The summed E-state index contributed by atoms with van der Waals surface area (Å²) in [5.74, 6) is -1.26. The van der Waals surface area contributed by atoms with Crippen molar-refractivity contribution in [3.63, 3.8) is 0 Å². The average Bonchev–Trinajstić information content (AvgIpc) is 2.87. The number of nitrogens with zero attached hydrogens (tertiary/aromatic N) is 2. The molecule has 210 valence electrons. The van der Waals surface area contributed by atoms with Gasteiger partial charge in [-0.3, -0.25) is 9.52 Å². The number of halogens is 5. The highest BCUT2D eigenvalue weighted by molar-refractivity contribution is 14.1. The molecular formula is C25H25F4IN4O4S. The molecule has 1 aliphatic rings. The van der Waals surface area contributed by atoms with Crippen molar-refractivity contribution in [1.29, 1.82) is 0 Å². The standard InChI is InChI=1S/C25H25F4IN4O4S/c1-14-9-16(18(26)11-20(14)33-39(2,36)37)21(13-30)32-24(35)15-3-4-19-17(10-15)22(34-5-7-38-8-6-34)12-23(31-19)25(27,28)29/h3-4,9-12,21,33H,5-8,13H2,1-2H3,(H,32,35)/t21-/m1/s1. The first-order valence-electron chi connectivity index (χ1n) is 11.8. The van der Waals surface area contributed by atoms with Crippen LogP contribution in [0.25, 0.3) is 10.9 Å². The number of nitrogens with one attached hydrogen (secondary N) is 2. The molecule has 39 heavy (non-hydrogen) atoms. The Hall–Kier alpha value is -2.72. The zero-order chi connectivity index (χ0) is 28.5. The second-order valence-electron chi connectivity index (χ2n) is 9.10. The van der Waals surface area contributed by atoms with Crippen molar-refractivity contribution in [2.24, 2.45) is 0 Å². The van der Waals surface area contributed by atoms with Crippen molar-refractivity contribution in [3.05, 3.63) is 64.6 Å². The topological polar surface area (TPSA) is 101 Å². The van der Waals surface area contributed by atoms with Crippen LogP contribution in [0.1, 0.15) is 33.2 Å². The number of fused-ring (bicyclic) bond motifs is 1. The Balaban J connectivity index is 1.67. The summed E-state index contributed by atoms with van der Waals surface area (Å²) < 4.78 is 86.6. The fraction of sp³-hybridized carbons (Fsp3) is 0.360. The highest BCUT2D eigenvalue weighted by Gasteiger charge is 2.34. The molecule has 0 aliphatic carbocycles.